The predicted octanol–water partition coefficient (Wildman–Crippen LogP) is 2.59. The lowest BCUT2D eigenvalue weighted by Gasteiger charge is -2.41. The molecule has 1 aliphatic rings. The number of hydrogen-bond donors (Lipinski definition) is 1. The van der Waals surface area contributed by atoms with Gasteiger partial charge in [-0.2, -0.15) is 0 Å². The molecule has 2 N–H and O–H groups in total. The zero-order valence-corrected chi connectivity index (χ0v) is 12.0. The number of rotatable bonds is 3. The summed E-state index contributed by atoms with van der Waals surface area (Å²) in [6.07, 6.45) is 0.139. The SMILES string of the molecule is CC1CN(C(CN)c2ccc(Cl)cc2F)C(C)CO1. The molecule has 1 fully saturated rings. The van der Waals surface area contributed by atoms with E-state index in [1.54, 1.807) is 12.1 Å². The fourth-order valence-corrected chi connectivity index (χ4v) is 2.73. The summed E-state index contributed by atoms with van der Waals surface area (Å²) >= 11 is 5.80. The maximum Gasteiger partial charge on any atom is 0.129 e. The van der Waals surface area contributed by atoms with Crippen molar-refractivity contribution in [2.75, 3.05) is 19.7 Å². The molecule has 1 aromatic carbocycles. The third-order valence-corrected chi connectivity index (χ3v) is 3.84. The standard InChI is InChI=1S/C14H20ClFN2O/c1-9-8-19-10(2)7-18(9)14(6-17)12-4-3-11(15)5-13(12)16/h3-5,9-10,14H,6-8,17H2,1-2H3. The molecular formula is C14H20ClFN2O. The number of nitrogens with zero attached hydrogens (tertiary/aromatic N) is 1. The van der Waals surface area contributed by atoms with Gasteiger partial charge in [0, 0.05) is 29.7 Å². The zero-order valence-electron chi connectivity index (χ0n) is 11.3. The molecule has 3 nitrogen and oxygen atoms in total. The first kappa shape index (κ1) is 14.7. The second kappa shape index (κ2) is 6.18. The first-order valence-electron chi connectivity index (χ1n) is 6.55. The maximum absolute atomic E-state index is 14.1. The molecule has 0 aromatic heterocycles. The molecule has 2 rings (SSSR count). The fraction of sp³-hybridized carbons (Fsp3) is 0.571. The van der Waals surface area contributed by atoms with Gasteiger partial charge in [-0.1, -0.05) is 17.7 Å². The lowest BCUT2D eigenvalue weighted by atomic mass is 10.0. The van der Waals surface area contributed by atoms with E-state index in [1.165, 1.54) is 6.07 Å². The van der Waals surface area contributed by atoms with Crippen LogP contribution in [0.4, 0.5) is 4.39 Å². The van der Waals surface area contributed by atoms with Gasteiger partial charge in [0.2, 0.25) is 0 Å². The Morgan fingerprint density at radius 3 is 2.89 bits per heavy atom. The molecule has 0 amide bonds. The molecule has 0 radical (unpaired) electrons. The second-order valence-electron chi connectivity index (χ2n) is 5.11. The highest BCUT2D eigenvalue weighted by molar-refractivity contribution is 6.30. The Hall–Kier alpha value is -0.680. The van der Waals surface area contributed by atoms with Crippen LogP contribution in [0.15, 0.2) is 18.2 Å². The van der Waals surface area contributed by atoms with Crippen LogP contribution in [0.5, 0.6) is 0 Å². The average Bonchev–Trinajstić information content (AvgIpc) is 2.36. The molecule has 3 unspecified atom stereocenters. The Labute approximate surface area is 118 Å². The second-order valence-corrected chi connectivity index (χ2v) is 5.54. The van der Waals surface area contributed by atoms with Gasteiger partial charge in [0.05, 0.1) is 18.8 Å². The van der Waals surface area contributed by atoms with Crippen LogP contribution in [0.25, 0.3) is 0 Å². The average molecular weight is 287 g/mol. The highest BCUT2D eigenvalue weighted by atomic mass is 35.5. The molecule has 3 atom stereocenters. The van der Waals surface area contributed by atoms with Gasteiger partial charge in [-0.15, -0.1) is 0 Å². The van der Waals surface area contributed by atoms with Crippen molar-refractivity contribution in [2.45, 2.75) is 32.0 Å². The lowest BCUT2D eigenvalue weighted by Crippen LogP contribution is -2.50. The number of ether oxygens (including phenoxy) is 1. The summed E-state index contributed by atoms with van der Waals surface area (Å²) in [7, 11) is 0. The van der Waals surface area contributed by atoms with Crippen LogP contribution in [0.3, 0.4) is 0 Å². The lowest BCUT2D eigenvalue weighted by molar-refractivity contribution is -0.0658. The summed E-state index contributed by atoms with van der Waals surface area (Å²) < 4.78 is 19.7. The molecule has 5 heteroatoms. The number of morpholine rings is 1. The summed E-state index contributed by atoms with van der Waals surface area (Å²) in [6.45, 7) is 5.86. The van der Waals surface area contributed by atoms with Crippen molar-refractivity contribution in [1.82, 2.24) is 4.90 Å². The largest absolute Gasteiger partial charge is 0.376 e. The third kappa shape index (κ3) is 3.26. The molecule has 0 aliphatic carbocycles. The first-order chi connectivity index (χ1) is 9.02. The third-order valence-electron chi connectivity index (χ3n) is 3.60. The fourth-order valence-electron chi connectivity index (χ4n) is 2.58. The van der Waals surface area contributed by atoms with E-state index in [1.807, 2.05) is 6.92 Å². The summed E-state index contributed by atoms with van der Waals surface area (Å²) in [5.41, 5.74) is 6.47. The van der Waals surface area contributed by atoms with Crippen LogP contribution in [0, 0.1) is 5.82 Å². The van der Waals surface area contributed by atoms with E-state index >= 15 is 0 Å². The van der Waals surface area contributed by atoms with Crippen molar-refractivity contribution in [1.29, 1.82) is 0 Å². The van der Waals surface area contributed by atoms with E-state index in [-0.39, 0.29) is 24.0 Å². The summed E-state index contributed by atoms with van der Waals surface area (Å²) in [5.74, 6) is -0.297. The van der Waals surface area contributed by atoms with Gasteiger partial charge < -0.3 is 10.5 Å². The van der Waals surface area contributed by atoms with Crippen LogP contribution in [-0.2, 0) is 4.74 Å². The molecule has 1 aromatic rings. The van der Waals surface area contributed by atoms with Crippen molar-refractivity contribution in [3.05, 3.63) is 34.6 Å². The summed E-state index contributed by atoms with van der Waals surface area (Å²) in [5, 5.41) is 0.403. The minimum atomic E-state index is -0.297. The van der Waals surface area contributed by atoms with Crippen molar-refractivity contribution in [3.8, 4) is 0 Å². The highest BCUT2D eigenvalue weighted by Gasteiger charge is 2.31. The Kier molecular flexibility index (Phi) is 4.79. The van der Waals surface area contributed by atoms with Gasteiger partial charge in [-0.3, -0.25) is 4.90 Å². The molecule has 0 bridgehead atoms. The molecular weight excluding hydrogens is 267 g/mol. The molecule has 106 valence electrons. The Balaban J connectivity index is 2.27. The summed E-state index contributed by atoms with van der Waals surface area (Å²) in [6, 6.07) is 4.85. The van der Waals surface area contributed by atoms with Crippen LogP contribution in [-0.4, -0.2) is 36.7 Å². The van der Waals surface area contributed by atoms with Crippen LogP contribution < -0.4 is 5.73 Å². The van der Waals surface area contributed by atoms with Crippen molar-refractivity contribution in [3.63, 3.8) is 0 Å². The van der Waals surface area contributed by atoms with E-state index in [4.69, 9.17) is 22.1 Å². The first-order valence-corrected chi connectivity index (χ1v) is 6.93. The number of nitrogens with two attached hydrogens (primary N) is 1. The van der Waals surface area contributed by atoms with Crippen molar-refractivity contribution < 1.29 is 9.13 Å². The molecule has 0 saturated carbocycles. The van der Waals surface area contributed by atoms with Crippen molar-refractivity contribution >= 4 is 11.6 Å². The Bertz CT molecular complexity index is 443. The van der Waals surface area contributed by atoms with Crippen LogP contribution in [0.1, 0.15) is 25.5 Å². The van der Waals surface area contributed by atoms with E-state index in [2.05, 4.69) is 11.8 Å². The minimum Gasteiger partial charge on any atom is -0.376 e. The van der Waals surface area contributed by atoms with E-state index < -0.39 is 0 Å². The van der Waals surface area contributed by atoms with Gasteiger partial charge in [0.1, 0.15) is 5.82 Å². The molecule has 1 saturated heterocycles. The van der Waals surface area contributed by atoms with E-state index in [0.29, 0.717) is 23.7 Å². The van der Waals surface area contributed by atoms with Gasteiger partial charge in [-0.05, 0) is 26.0 Å². The van der Waals surface area contributed by atoms with Gasteiger partial charge in [0.25, 0.3) is 0 Å². The van der Waals surface area contributed by atoms with Gasteiger partial charge in [-0.25, -0.2) is 4.39 Å². The molecule has 19 heavy (non-hydrogen) atoms. The monoisotopic (exact) mass is 286 g/mol. The van der Waals surface area contributed by atoms with Crippen LogP contribution >= 0.6 is 11.6 Å². The maximum atomic E-state index is 14.1. The number of benzene rings is 1. The van der Waals surface area contributed by atoms with Crippen LogP contribution in [0.2, 0.25) is 5.02 Å². The number of hydrogen-bond acceptors (Lipinski definition) is 3. The Morgan fingerprint density at radius 1 is 1.53 bits per heavy atom. The topological polar surface area (TPSA) is 38.5 Å². The zero-order chi connectivity index (χ0) is 14.0. The molecule has 1 aliphatic heterocycles. The smallest absolute Gasteiger partial charge is 0.129 e. The molecule has 1 heterocycles. The van der Waals surface area contributed by atoms with E-state index in [9.17, 15) is 4.39 Å². The minimum absolute atomic E-state index is 0.139. The summed E-state index contributed by atoms with van der Waals surface area (Å²) in [4.78, 5) is 2.21. The van der Waals surface area contributed by atoms with Crippen molar-refractivity contribution in [2.24, 2.45) is 5.73 Å². The van der Waals surface area contributed by atoms with Gasteiger partial charge in [0.15, 0.2) is 0 Å². The van der Waals surface area contributed by atoms with Gasteiger partial charge >= 0.3 is 0 Å². The normalized spacial score (nSPS) is 26.4. The van der Waals surface area contributed by atoms with E-state index in [0.717, 1.165) is 6.54 Å². The Morgan fingerprint density at radius 2 is 2.26 bits per heavy atom. The number of halogens is 2. The highest BCUT2D eigenvalue weighted by Crippen LogP contribution is 2.28. The predicted molar refractivity (Wildman–Crippen MR) is 74.8 cm³/mol. The molecule has 0 spiro atoms. The quantitative estimate of drug-likeness (QED) is 0.928.